The van der Waals surface area contributed by atoms with Crippen molar-refractivity contribution < 1.29 is 14.5 Å². The van der Waals surface area contributed by atoms with Gasteiger partial charge in [-0.15, -0.1) is 0 Å². The van der Waals surface area contributed by atoms with Crippen LogP contribution in [0.25, 0.3) is 0 Å². The normalized spacial score (nSPS) is 11.7. The minimum atomic E-state index is -0.157. The molecule has 5 nitrogen and oxygen atoms in total. The number of benzene rings is 2. The molecule has 0 saturated carbocycles. The predicted molar refractivity (Wildman–Crippen MR) is 105 cm³/mol. The number of halogens is 2. The average Bonchev–Trinajstić information content (AvgIpc) is 2.56. The molecule has 0 spiro atoms. The molecule has 0 aliphatic heterocycles. The highest BCUT2D eigenvalue weighted by Crippen LogP contribution is 2.13. The third kappa shape index (κ3) is 6.67. The minimum absolute atomic E-state index is 0.0400. The highest BCUT2D eigenvalue weighted by molar-refractivity contribution is 6.30. The van der Waals surface area contributed by atoms with E-state index in [4.69, 9.17) is 23.2 Å². The van der Waals surface area contributed by atoms with E-state index in [0.29, 0.717) is 22.3 Å². The van der Waals surface area contributed by atoms with E-state index in [-0.39, 0.29) is 24.9 Å². The number of nitrogens with one attached hydrogen (secondary N) is 2. The van der Waals surface area contributed by atoms with Crippen LogP contribution in [0.5, 0.6) is 0 Å². The standard InChI is InChI=1S/C19H21Cl2N3O2/c1-23(12-18(25)22-17-8-6-15(20)7-9-17)13-19(26)24(2)11-14-4-3-5-16(21)10-14/h3-10H,11-13H2,1-2H3,(H,22,25)/p+1. The molecular formula is C19H22Cl2N3O2+. The van der Waals surface area contributed by atoms with Gasteiger partial charge in [0.05, 0.1) is 7.05 Å². The summed E-state index contributed by atoms with van der Waals surface area (Å²) in [6.07, 6.45) is 0. The smallest absolute Gasteiger partial charge is 0.279 e. The minimum Gasteiger partial charge on any atom is -0.337 e. The van der Waals surface area contributed by atoms with Crippen LogP contribution >= 0.6 is 23.2 Å². The number of anilines is 1. The SMILES string of the molecule is CN(Cc1cccc(Cl)c1)C(=O)C[NH+](C)CC(=O)Nc1ccc(Cl)cc1. The highest BCUT2D eigenvalue weighted by Gasteiger charge is 2.17. The quantitative estimate of drug-likeness (QED) is 0.755. The lowest BCUT2D eigenvalue weighted by Crippen LogP contribution is -3.11. The molecule has 26 heavy (non-hydrogen) atoms. The zero-order valence-electron chi connectivity index (χ0n) is 14.8. The van der Waals surface area contributed by atoms with Crippen LogP contribution in [0, 0.1) is 0 Å². The van der Waals surface area contributed by atoms with Crippen molar-refractivity contribution in [3.8, 4) is 0 Å². The number of quaternary nitrogens is 1. The molecule has 0 heterocycles. The number of carbonyl (C=O) groups is 2. The Labute approximate surface area is 163 Å². The van der Waals surface area contributed by atoms with Crippen molar-refractivity contribution >= 4 is 40.7 Å². The zero-order chi connectivity index (χ0) is 19.1. The summed E-state index contributed by atoms with van der Waals surface area (Å²) >= 11 is 11.8. The molecule has 0 saturated heterocycles. The summed E-state index contributed by atoms with van der Waals surface area (Å²) in [5.74, 6) is -0.197. The van der Waals surface area contributed by atoms with Crippen LogP contribution in [0.4, 0.5) is 5.69 Å². The van der Waals surface area contributed by atoms with E-state index in [9.17, 15) is 9.59 Å². The topological polar surface area (TPSA) is 53.9 Å². The van der Waals surface area contributed by atoms with Gasteiger partial charge in [0, 0.05) is 29.3 Å². The Morgan fingerprint density at radius 2 is 1.73 bits per heavy atom. The van der Waals surface area contributed by atoms with Crippen LogP contribution in [0.3, 0.4) is 0 Å². The first-order valence-corrected chi connectivity index (χ1v) is 8.94. The summed E-state index contributed by atoms with van der Waals surface area (Å²) in [7, 11) is 3.55. The van der Waals surface area contributed by atoms with Crippen molar-refractivity contribution in [2.24, 2.45) is 0 Å². The summed E-state index contributed by atoms with van der Waals surface area (Å²) < 4.78 is 0. The molecular weight excluding hydrogens is 373 g/mol. The summed E-state index contributed by atoms with van der Waals surface area (Å²) in [6, 6.07) is 14.3. The first kappa shape index (κ1) is 20.2. The number of rotatable bonds is 7. The van der Waals surface area contributed by atoms with Crippen molar-refractivity contribution in [2.45, 2.75) is 6.54 Å². The largest absolute Gasteiger partial charge is 0.337 e. The van der Waals surface area contributed by atoms with Gasteiger partial charge in [0.1, 0.15) is 0 Å². The second-order valence-electron chi connectivity index (χ2n) is 6.25. The summed E-state index contributed by atoms with van der Waals surface area (Å²) in [4.78, 5) is 26.9. The van der Waals surface area contributed by atoms with Crippen LogP contribution in [0.1, 0.15) is 5.56 Å². The average molecular weight is 395 g/mol. The van der Waals surface area contributed by atoms with Crippen molar-refractivity contribution in [3.63, 3.8) is 0 Å². The molecule has 0 radical (unpaired) electrons. The fourth-order valence-electron chi connectivity index (χ4n) is 2.47. The summed E-state index contributed by atoms with van der Waals surface area (Å²) in [6.45, 7) is 0.897. The van der Waals surface area contributed by atoms with Crippen LogP contribution in [0.2, 0.25) is 10.0 Å². The van der Waals surface area contributed by atoms with Gasteiger partial charge in [-0.25, -0.2) is 0 Å². The third-order valence-corrected chi connectivity index (χ3v) is 4.26. The highest BCUT2D eigenvalue weighted by atomic mass is 35.5. The Balaban J connectivity index is 1.80. The fraction of sp³-hybridized carbons (Fsp3) is 0.263. The molecule has 2 rings (SSSR count). The zero-order valence-corrected chi connectivity index (χ0v) is 16.3. The van der Waals surface area contributed by atoms with Crippen molar-refractivity contribution in [2.75, 3.05) is 32.5 Å². The Bertz CT molecular complexity index is 766. The molecule has 2 amide bonds. The molecule has 0 bridgehead atoms. The monoisotopic (exact) mass is 394 g/mol. The first-order chi connectivity index (χ1) is 12.3. The second-order valence-corrected chi connectivity index (χ2v) is 7.12. The second kappa shape index (κ2) is 9.57. The van der Waals surface area contributed by atoms with E-state index in [1.807, 2.05) is 25.2 Å². The number of carbonyl (C=O) groups excluding carboxylic acids is 2. The molecule has 7 heteroatoms. The van der Waals surface area contributed by atoms with Gasteiger partial charge in [0.25, 0.3) is 11.8 Å². The van der Waals surface area contributed by atoms with Crippen molar-refractivity contribution in [1.82, 2.24) is 4.90 Å². The predicted octanol–water partition coefficient (Wildman–Crippen LogP) is 2.11. The van der Waals surface area contributed by atoms with Crippen molar-refractivity contribution in [1.29, 1.82) is 0 Å². The molecule has 2 aromatic carbocycles. The fourth-order valence-corrected chi connectivity index (χ4v) is 2.80. The van der Waals surface area contributed by atoms with Crippen molar-refractivity contribution in [3.05, 3.63) is 64.1 Å². The Morgan fingerprint density at radius 1 is 1.04 bits per heavy atom. The van der Waals surface area contributed by atoms with Gasteiger partial charge in [-0.2, -0.15) is 0 Å². The van der Waals surface area contributed by atoms with Gasteiger partial charge in [0.2, 0.25) is 0 Å². The maximum atomic E-state index is 12.3. The molecule has 0 aliphatic carbocycles. The van der Waals surface area contributed by atoms with Gasteiger partial charge in [0.15, 0.2) is 13.1 Å². The summed E-state index contributed by atoms with van der Waals surface area (Å²) in [5.41, 5.74) is 1.64. The molecule has 2 aromatic rings. The maximum absolute atomic E-state index is 12.3. The molecule has 0 aromatic heterocycles. The molecule has 0 fully saturated rings. The van der Waals surface area contributed by atoms with E-state index in [1.54, 1.807) is 42.3 Å². The molecule has 138 valence electrons. The van der Waals surface area contributed by atoms with E-state index in [2.05, 4.69) is 5.32 Å². The number of hydrogen-bond donors (Lipinski definition) is 2. The van der Waals surface area contributed by atoms with Crippen LogP contribution in [0.15, 0.2) is 48.5 Å². The Hall–Kier alpha value is -2.08. The van der Waals surface area contributed by atoms with Crippen LogP contribution < -0.4 is 10.2 Å². The third-order valence-electron chi connectivity index (χ3n) is 3.78. The van der Waals surface area contributed by atoms with Gasteiger partial charge in [-0.05, 0) is 42.0 Å². The Kier molecular flexibility index (Phi) is 7.45. The maximum Gasteiger partial charge on any atom is 0.279 e. The number of hydrogen-bond acceptors (Lipinski definition) is 2. The van der Waals surface area contributed by atoms with E-state index < -0.39 is 0 Å². The molecule has 2 N–H and O–H groups in total. The summed E-state index contributed by atoms with van der Waals surface area (Å²) in [5, 5.41) is 4.04. The Morgan fingerprint density at radius 3 is 2.38 bits per heavy atom. The number of nitrogens with zero attached hydrogens (tertiary/aromatic N) is 1. The molecule has 1 atom stereocenters. The van der Waals surface area contributed by atoms with E-state index in [0.717, 1.165) is 10.5 Å². The van der Waals surface area contributed by atoms with Gasteiger partial charge < -0.3 is 15.1 Å². The first-order valence-electron chi connectivity index (χ1n) is 8.18. The number of amides is 2. The molecule has 0 aliphatic rings. The number of likely N-dealkylation sites (N-methyl/N-ethyl adjacent to an activating group) is 2. The van der Waals surface area contributed by atoms with E-state index in [1.165, 1.54) is 0 Å². The van der Waals surface area contributed by atoms with E-state index >= 15 is 0 Å². The van der Waals surface area contributed by atoms with Gasteiger partial charge in [-0.3, -0.25) is 9.59 Å². The molecule has 1 unspecified atom stereocenters. The van der Waals surface area contributed by atoms with Crippen LogP contribution in [-0.4, -0.2) is 43.9 Å². The van der Waals surface area contributed by atoms with Gasteiger partial charge >= 0.3 is 0 Å². The van der Waals surface area contributed by atoms with Gasteiger partial charge in [-0.1, -0.05) is 35.3 Å². The lowest BCUT2D eigenvalue weighted by Gasteiger charge is -2.20. The van der Waals surface area contributed by atoms with Crippen LogP contribution in [-0.2, 0) is 16.1 Å². The lowest BCUT2D eigenvalue weighted by atomic mass is 10.2. The lowest BCUT2D eigenvalue weighted by molar-refractivity contribution is -0.862.